The molecule has 0 fully saturated rings. The smallest absolute Gasteiger partial charge is 0.310 e. The van der Waals surface area contributed by atoms with Gasteiger partial charge in [-0.1, -0.05) is 23.7 Å². The van der Waals surface area contributed by atoms with Gasteiger partial charge in [0, 0.05) is 7.05 Å². The molecule has 168 valence electrons. The molecule has 0 bridgehead atoms. The van der Waals surface area contributed by atoms with Gasteiger partial charge in [-0.2, -0.15) is 0 Å². The van der Waals surface area contributed by atoms with Crippen LogP contribution in [0.4, 0.5) is 5.69 Å². The molecule has 1 unspecified atom stereocenters. The summed E-state index contributed by atoms with van der Waals surface area (Å²) in [7, 11) is 1.49. The molecule has 1 atom stereocenters. The second-order valence-corrected chi connectivity index (χ2v) is 7.54. The first-order chi connectivity index (χ1) is 15.5. The minimum atomic E-state index is -0.866. The number of nitrogens with one attached hydrogen (secondary N) is 1. The molecule has 2 aromatic carbocycles. The van der Waals surface area contributed by atoms with Crippen molar-refractivity contribution in [3.8, 4) is 17.2 Å². The minimum absolute atomic E-state index is 0.00480. The molecule has 0 radical (unpaired) electrons. The quantitative estimate of drug-likeness (QED) is 0.678. The third-order valence-electron chi connectivity index (χ3n) is 4.98. The first-order valence-electron chi connectivity index (χ1n) is 9.97. The monoisotopic (exact) mass is 460 g/mol. The molecular formula is C22H21ClN2O7. The maximum atomic E-state index is 12.8. The van der Waals surface area contributed by atoms with E-state index in [9.17, 15) is 14.4 Å². The molecule has 0 aliphatic carbocycles. The van der Waals surface area contributed by atoms with Crippen LogP contribution in [0.2, 0.25) is 5.02 Å². The van der Waals surface area contributed by atoms with Gasteiger partial charge in [-0.25, -0.2) is 0 Å². The number of esters is 1. The highest BCUT2D eigenvalue weighted by molar-refractivity contribution is 6.32. The number of benzene rings is 2. The predicted molar refractivity (Wildman–Crippen MR) is 114 cm³/mol. The van der Waals surface area contributed by atoms with Crippen molar-refractivity contribution in [2.75, 3.05) is 38.3 Å². The number of anilines is 1. The lowest BCUT2D eigenvalue weighted by Gasteiger charge is -2.33. The number of carbonyl (C=O) groups is 3. The van der Waals surface area contributed by atoms with Crippen molar-refractivity contribution in [2.24, 2.45) is 0 Å². The second-order valence-electron chi connectivity index (χ2n) is 7.13. The zero-order valence-electron chi connectivity index (χ0n) is 17.3. The Kier molecular flexibility index (Phi) is 6.36. The van der Waals surface area contributed by atoms with Gasteiger partial charge < -0.3 is 29.2 Å². The third kappa shape index (κ3) is 4.57. The Hall–Kier alpha value is -3.46. The number of ether oxygens (including phenoxy) is 4. The Labute approximate surface area is 189 Å². The third-order valence-corrected chi connectivity index (χ3v) is 5.26. The maximum Gasteiger partial charge on any atom is 0.310 e. The largest absolute Gasteiger partial charge is 0.486 e. The van der Waals surface area contributed by atoms with Crippen LogP contribution in [-0.4, -0.2) is 57.3 Å². The van der Waals surface area contributed by atoms with Crippen LogP contribution in [0.1, 0.15) is 5.56 Å². The van der Waals surface area contributed by atoms with Gasteiger partial charge in [0.05, 0.1) is 23.7 Å². The fourth-order valence-corrected chi connectivity index (χ4v) is 3.76. The van der Waals surface area contributed by atoms with Crippen LogP contribution in [0.15, 0.2) is 36.4 Å². The van der Waals surface area contributed by atoms with E-state index in [0.717, 1.165) is 0 Å². The van der Waals surface area contributed by atoms with Gasteiger partial charge in [0.25, 0.3) is 11.8 Å². The van der Waals surface area contributed by atoms with Crippen LogP contribution < -0.4 is 24.4 Å². The molecule has 2 aliphatic heterocycles. The SMILES string of the molecule is CNC(=O)C1CN(C(=O)COC(=O)Cc2cc(Cl)c3c(c2)OCCO3)c2ccccc2O1. The fourth-order valence-electron chi connectivity index (χ4n) is 3.47. The van der Waals surface area contributed by atoms with Crippen molar-refractivity contribution < 1.29 is 33.3 Å². The minimum Gasteiger partial charge on any atom is -0.486 e. The number of carbonyl (C=O) groups excluding carboxylic acids is 3. The summed E-state index contributed by atoms with van der Waals surface area (Å²) in [5, 5.41) is 2.85. The maximum absolute atomic E-state index is 12.8. The molecule has 2 heterocycles. The predicted octanol–water partition coefficient (Wildman–Crippen LogP) is 1.74. The van der Waals surface area contributed by atoms with Gasteiger partial charge in [0.1, 0.15) is 19.0 Å². The van der Waals surface area contributed by atoms with Gasteiger partial charge in [-0.3, -0.25) is 14.4 Å². The molecule has 4 rings (SSSR count). The summed E-state index contributed by atoms with van der Waals surface area (Å²) in [4.78, 5) is 38.6. The van der Waals surface area contributed by atoms with Crippen LogP contribution in [0.3, 0.4) is 0 Å². The van der Waals surface area contributed by atoms with Gasteiger partial charge in [0.15, 0.2) is 24.2 Å². The Morgan fingerprint density at radius 1 is 1.16 bits per heavy atom. The summed E-state index contributed by atoms with van der Waals surface area (Å²) in [6, 6.07) is 10.1. The van der Waals surface area contributed by atoms with Crippen molar-refractivity contribution in [3.63, 3.8) is 0 Å². The van der Waals surface area contributed by atoms with E-state index in [2.05, 4.69) is 5.32 Å². The zero-order valence-corrected chi connectivity index (χ0v) is 18.0. The van der Waals surface area contributed by atoms with E-state index in [-0.39, 0.29) is 18.9 Å². The number of hydrogen-bond donors (Lipinski definition) is 1. The molecule has 9 nitrogen and oxygen atoms in total. The van der Waals surface area contributed by atoms with Crippen molar-refractivity contribution in [3.05, 3.63) is 47.0 Å². The normalized spacial score (nSPS) is 16.4. The Bertz CT molecular complexity index is 1060. The standard InChI is InChI=1S/C22H21ClN2O7/c1-24-22(28)18-11-25(15-4-2-3-5-16(15)32-18)19(26)12-31-20(27)10-13-8-14(23)21-17(9-13)29-6-7-30-21/h2-5,8-9,18H,6-7,10-12H2,1H3,(H,24,28). The van der Waals surface area contributed by atoms with Gasteiger partial charge >= 0.3 is 5.97 Å². The van der Waals surface area contributed by atoms with Crippen LogP contribution in [0.5, 0.6) is 17.2 Å². The number of para-hydroxylation sites is 2. The lowest BCUT2D eigenvalue weighted by Crippen LogP contribution is -2.51. The van der Waals surface area contributed by atoms with Crippen molar-refractivity contribution in [1.82, 2.24) is 5.32 Å². The number of likely N-dealkylation sites (N-methyl/N-ethyl adjacent to an activating group) is 1. The summed E-state index contributed by atoms with van der Waals surface area (Å²) in [5.74, 6) is -0.115. The molecule has 0 saturated heterocycles. The fraction of sp³-hybridized carbons (Fsp3) is 0.318. The lowest BCUT2D eigenvalue weighted by atomic mass is 10.1. The van der Waals surface area contributed by atoms with Gasteiger partial charge in [-0.05, 0) is 29.8 Å². The van der Waals surface area contributed by atoms with Gasteiger partial charge in [0.2, 0.25) is 0 Å². The van der Waals surface area contributed by atoms with Gasteiger partial charge in [-0.15, -0.1) is 0 Å². The lowest BCUT2D eigenvalue weighted by molar-refractivity contribution is -0.147. The summed E-state index contributed by atoms with van der Waals surface area (Å²) >= 11 is 6.20. The molecule has 2 aromatic rings. The Morgan fingerprint density at radius 2 is 1.94 bits per heavy atom. The summed E-state index contributed by atoms with van der Waals surface area (Å²) in [5.41, 5.74) is 1.08. The van der Waals surface area contributed by atoms with Crippen molar-refractivity contribution in [2.45, 2.75) is 12.5 Å². The number of hydrogen-bond acceptors (Lipinski definition) is 7. The molecule has 2 aliphatic rings. The van der Waals surface area contributed by atoms with E-state index in [0.29, 0.717) is 46.7 Å². The number of amides is 2. The zero-order chi connectivity index (χ0) is 22.7. The summed E-state index contributed by atoms with van der Waals surface area (Å²) < 4.78 is 21.8. The highest BCUT2D eigenvalue weighted by Gasteiger charge is 2.33. The van der Waals surface area contributed by atoms with Crippen LogP contribution in [0, 0.1) is 0 Å². The Balaban J connectivity index is 1.40. The average molecular weight is 461 g/mol. The molecule has 1 N–H and O–H groups in total. The van der Waals surface area contributed by atoms with Crippen LogP contribution in [0.25, 0.3) is 0 Å². The van der Waals surface area contributed by atoms with Crippen molar-refractivity contribution in [1.29, 1.82) is 0 Å². The van der Waals surface area contributed by atoms with E-state index in [1.54, 1.807) is 36.4 Å². The molecule has 0 saturated carbocycles. The van der Waals surface area contributed by atoms with E-state index in [1.165, 1.54) is 11.9 Å². The van der Waals surface area contributed by atoms with E-state index in [1.807, 2.05) is 0 Å². The molecule has 32 heavy (non-hydrogen) atoms. The average Bonchev–Trinajstić information content (AvgIpc) is 2.81. The molecule has 0 spiro atoms. The number of rotatable bonds is 5. The van der Waals surface area contributed by atoms with E-state index >= 15 is 0 Å². The van der Waals surface area contributed by atoms with Crippen LogP contribution in [-0.2, 0) is 25.5 Å². The highest BCUT2D eigenvalue weighted by Crippen LogP contribution is 2.38. The number of halogens is 1. The first-order valence-corrected chi connectivity index (χ1v) is 10.4. The number of fused-ring (bicyclic) bond motifs is 2. The van der Waals surface area contributed by atoms with E-state index in [4.69, 9.17) is 30.5 Å². The summed E-state index contributed by atoms with van der Waals surface area (Å²) in [6.45, 7) is 0.322. The summed E-state index contributed by atoms with van der Waals surface area (Å²) in [6.07, 6.45) is -0.959. The molecule has 2 amide bonds. The second kappa shape index (κ2) is 9.35. The van der Waals surface area contributed by atoms with Crippen molar-refractivity contribution >= 4 is 35.1 Å². The molecule has 10 heteroatoms. The Morgan fingerprint density at radius 3 is 2.75 bits per heavy atom. The first kappa shape index (κ1) is 21.8. The highest BCUT2D eigenvalue weighted by atomic mass is 35.5. The van der Waals surface area contributed by atoms with Crippen LogP contribution >= 0.6 is 11.6 Å². The topological polar surface area (TPSA) is 103 Å². The molecule has 0 aromatic heterocycles. The number of nitrogens with zero attached hydrogens (tertiary/aromatic N) is 1. The van der Waals surface area contributed by atoms with E-state index < -0.39 is 24.6 Å². The molecular weight excluding hydrogens is 440 g/mol.